The maximum Gasteiger partial charge on any atom is 0.123 e. The number of imidazole rings is 2. The van der Waals surface area contributed by atoms with E-state index in [4.69, 9.17) is 4.98 Å². The van der Waals surface area contributed by atoms with Crippen molar-refractivity contribution in [2.24, 2.45) is 0 Å². The van der Waals surface area contributed by atoms with Crippen molar-refractivity contribution in [3.8, 4) is 0 Å². The van der Waals surface area contributed by atoms with Crippen LogP contribution in [0.3, 0.4) is 0 Å². The minimum atomic E-state index is 0.512. The molecule has 0 fully saturated rings. The average molecular weight is 323 g/mol. The van der Waals surface area contributed by atoms with Gasteiger partial charge in [-0.05, 0) is 31.4 Å². The van der Waals surface area contributed by atoms with Gasteiger partial charge >= 0.3 is 0 Å². The first kappa shape index (κ1) is 15.4. The highest BCUT2D eigenvalue weighted by Crippen LogP contribution is 2.25. The Labute approximate surface area is 142 Å². The third-order valence-electron chi connectivity index (χ3n) is 4.92. The van der Waals surface area contributed by atoms with Gasteiger partial charge in [0, 0.05) is 37.9 Å². The fourth-order valence-electron chi connectivity index (χ4n) is 3.79. The molecular formula is C19H25N5. The Morgan fingerprint density at radius 1 is 1.29 bits per heavy atom. The van der Waals surface area contributed by atoms with Crippen molar-refractivity contribution in [3.63, 3.8) is 0 Å². The van der Waals surface area contributed by atoms with E-state index in [1.165, 1.54) is 24.2 Å². The highest BCUT2D eigenvalue weighted by molar-refractivity contribution is 5.75. The lowest BCUT2D eigenvalue weighted by molar-refractivity contribution is 0.419. The molecule has 2 aromatic heterocycles. The van der Waals surface area contributed by atoms with E-state index in [0.717, 1.165) is 43.9 Å². The third kappa shape index (κ3) is 2.84. The Bertz CT molecular complexity index is 816. The maximum absolute atomic E-state index is 4.83. The second-order valence-electron chi connectivity index (χ2n) is 6.62. The molecule has 0 amide bonds. The molecule has 1 aromatic carbocycles. The first-order chi connectivity index (χ1) is 11.9. The number of nitrogens with one attached hydrogen (secondary N) is 1. The quantitative estimate of drug-likeness (QED) is 0.757. The third-order valence-corrected chi connectivity index (χ3v) is 4.92. The molecule has 5 heteroatoms. The smallest absolute Gasteiger partial charge is 0.123 e. The Hall–Kier alpha value is -2.14. The Balaban J connectivity index is 1.47. The molecule has 0 unspecified atom stereocenters. The Kier molecular flexibility index (Phi) is 4.34. The number of hydrogen-bond acceptors (Lipinski definition) is 3. The Morgan fingerprint density at radius 2 is 2.21 bits per heavy atom. The van der Waals surface area contributed by atoms with Crippen LogP contribution in [-0.4, -0.2) is 25.6 Å². The summed E-state index contributed by atoms with van der Waals surface area (Å²) in [5.74, 6) is 2.88. The second kappa shape index (κ2) is 6.77. The number of hydrogen-bond donors (Lipinski definition) is 1. The molecule has 0 bridgehead atoms. The summed E-state index contributed by atoms with van der Waals surface area (Å²) in [6, 6.07) is 8.42. The fourth-order valence-corrected chi connectivity index (χ4v) is 3.79. The van der Waals surface area contributed by atoms with E-state index in [1.54, 1.807) is 0 Å². The van der Waals surface area contributed by atoms with E-state index < -0.39 is 0 Å². The lowest BCUT2D eigenvalue weighted by Crippen LogP contribution is -2.27. The zero-order chi connectivity index (χ0) is 16.4. The summed E-state index contributed by atoms with van der Waals surface area (Å²) in [5, 5.41) is 3.63. The zero-order valence-corrected chi connectivity index (χ0v) is 14.3. The lowest BCUT2D eigenvalue weighted by Gasteiger charge is -2.23. The van der Waals surface area contributed by atoms with Crippen molar-refractivity contribution in [1.82, 2.24) is 24.4 Å². The number of nitrogens with zero attached hydrogens (tertiary/aromatic N) is 4. The molecule has 1 aliphatic rings. The molecule has 0 radical (unpaired) electrons. The molecule has 5 nitrogen and oxygen atoms in total. The van der Waals surface area contributed by atoms with Crippen molar-refractivity contribution in [3.05, 3.63) is 48.3 Å². The molecule has 1 aliphatic heterocycles. The second-order valence-corrected chi connectivity index (χ2v) is 6.62. The van der Waals surface area contributed by atoms with E-state index in [2.05, 4.69) is 56.8 Å². The van der Waals surface area contributed by atoms with Gasteiger partial charge in [-0.2, -0.15) is 0 Å². The van der Waals surface area contributed by atoms with Crippen LogP contribution in [-0.2, 0) is 19.6 Å². The molecule has 4 rings (SSSR count). The topological polar surface area (TPSA) is 47.7 Å². The van der Waals surface area contributed by atoms with E-state index in [1.807, 2.05) is 6.20 Å². The summed E-state index contributed by atoms with van der Waals surface area (Å²) >= 11 is 0. The van der Waals surface area contributed by atoms with Crippen molar-refractivity contribution in [2.75, 3.05) is 6.54 Å². The molecule has 126 valence electrons. The molecule has 1 atom stereocenters. The number of para-hydroxylation sites is 2. The van der Waals surface area contributed by atoms with E-state index in [-0.39, 0.29) is 0 Å². The molecule has 0 spiro atoms. The highest BCUT2D eigenvalue weighted by Gasteiger charge is 2.21. The zero-order valence-electron chi connectivity index (χ0n) is 14.3. The monoisotopic (exact) mass is 323 g/mol. The van der Waals surface area contributed by atoms with Crippen LogP contribution in [0, 0.1) is 0 Å². The van der Waals surface area contributed by atoms with Crippen LogP contribution in [0.4, 0.5) is 0 Å². The van der Waals surface area contributed by atoms with Crippen LogP contribution < -0.4 is 5.32 Å². The van der Waals surface area contributed by atoms with Gasteiger partial charge in [0.05, 0.1) is 17.6 Å². The van der Waals surface area contributed by atoms with Gasteiger partial charge in [0.25, 0.3) is 0 Å². The van der Waals surface area contributed by atoms with E-state index >= 15 is 0 Å². The molecular weight excluding hydrogens is 298 g/mol. The fraction of sp³-hybridized carbons (Fsp3) is 0.474. The van der Waals surface area contributed by atoms with Crippen LogP contribution in [0.5, 0.6) is 0 Å². The first-order valence-corrected chi connectivity index (χ1v) is 9.02. The molecule has 0 saturated heterocycles. The summed E-state index contributed by atoms with van der Waals surface area (Å²) in [7, 11) is 0. The highest BCUT2D eigenvalue weighted by atomic mass is 15.1. The van der Waals surface area contributed by atoms with Crippen molar-refractivity contribution < 1.29 is 0 Å². The van der Waals surface area contributed by atoms with E-state index in [0.29, 0.717) is 5.92 Å². The summed E-state index contributed by atoms with van der Waals surface area (Å²) in [6.07, 6.45) is 7.60. The van der Waals surface area contributed by atoms with Gasteiger partial charge < -0.3 is 14.5 Å². The minimum Gasteiger partial charge on any atom is -0.335 e. The summed E-state index contributed by atoms with van der Waals surface area (Å²) in [4.78, 5) is 9.38. The predicted molar refractivity (Wildman–Crippen MR) is 95.9 cm³/mol. The van der Waals surface area contributed by atoms with Gasteiger partial charge in [-0.1, -0.05) is 19.1 Å². The maximum atomic E-state index is 4.83. The van der Waals surface area contributed by atoms with Crippen molar-refractivity contribution in [1.29, 1.82) is 0 Å². The van der Waals surface area contributed by atoms with Gasteiger partial charge in [0.1, 0.15) is 11.6 Å². The summed E-state index contributed by atoms with van der Waals surface area (Å²) in [5.41, 5.74) is 2.33. The number of fused-ring (bicyclic) bond motifs is 2. The molecule has 3 heterocycles. The lowest BCUT2D eigenvalue weighted by atomic mass is 9.99. The average Bonchev–Trinajstić information content (AvgIpc) is 3.21. The van der Waals surface area contributed by atoms with Crippen LogP contribution in [0.25, 0.3) is 11.0 Å². The van der Waals surface area contributed by atoms with Gasteiger partial charge in [0.15, 0.2) is 0 Å². The summed E-state index contributed by atoms with van der Waals surface area (Å²) in [6.45, 7) is 6.12. The van der Waals surface area contributed by atoms with Crippen LogP contribution in [0.15, 0.2) is 36.7 Å². The van der Waals surface area contributed by atoms with E-state index in [9.17, 15) is 0 Å². The largest absolute Gasteiger partial charge is 0.335 e. The van der Waals surface area contributed by atoms with Gasteiger partial charge in [-0.25, -0.2) is 9.97 Å². The van der Waals surface area contributed by atoms with Crippen LogP contribution in [0.2, 0.25) is 0 Å². The van der Waals surface area contributed by atoms with Crippen LogP contribution >= 0.6 is 0 Å². The summed E-state index contributed by atoms with van der Waals surface area (Å²) < 4.78 is 4.65. The number of rotatable bonds is 6. The SMILES string of the molecule is CCCn1c(CNC[C@@H]2CCCn3ccnc32)nc2ccccc21. The standard InChI is InChI=1S/C19H25N5/c1-2-10-24-17-8-4-3-7-16(17)22-18(24)14-20-13-15-6-5-11-23-12-9-21-19(15)23/h3-4,7-9,12,15,20H,2,5-6,10-11,13-14H2,1H3/t15-/m0/s1. The minimum absolute atomic E-state index is 0.512. The number of aryl methyl sites for hydroxylation is 2. The molecule has 24 heavy (non-hydrogen) atoms. The number of aromatic nitrogens is 4. The van der Waals surface area contributed by atoms with Gasteiger partial charge in [-0.15, -0.1) is 0 Å². The van der Waals surface area contributed by atoms with Gasteiger partial charge in [-0.3, -0.25) is 0 Å². The Morgan fingerprint density at radius 3 is 3.12 bits per heavy atom. The first-order valence-electron chi connectivity index (χ1n) is 9.02. The predicted octanol–water partition coefficient (Wildman–Crippen LogP) is 3.31. The van der Waals surface area contributed by atoms with Crippen molar-refractivity contribution >= 4 is 11.0 Å². The van der Waals surface area contributed by atoms with Crippen LogP contribution in [0.1, 0.15) is 43.8 Å². The molecule has 0 saturated carbocycles. The molecule has 1 N–H and O–H groups in total. The van der Waals surface area contributed by atoms with Crippen molar-refractivity contribution in [2.45, 2.75) is 51.7 Å². The molecule has 0 aliphatic carbocycles. The molecule has 3 aromatic rings. The normalized spacial score (nSPS) is 17.3. The number of benzene rings is 1. The van der Waals surface area contributed by atoms with Gasteiger partial charge in [0.2, 0.25) is 0 Å².